The van der Waals surface area contributed by atoms with Gasteiger partial charge < -0.3 is 15.5 Å². The minimum absolute atomic E-state index is 0.232. The number of nitrogens with zero attached hydrogens (tertiary/aromatic N) is 1. The Bertz CT molecular complexity index is 1010. The zero-order valence-corrected chi connectivity index (χ0v) is 17.7. The third-order valence-corrected chi connectivity index (χ3v) is 5.54. The molecular formula is C18H17FIN3O4S. The molecule has 0 saturated heterocycles. The van der Waals surface area contributed by atoms with Crippen LogP contribution in [0, 0.1) is 16.3 Å². The van der Waals surface area contributed by atoms with E-state index >= 15 is 0 Å². The molecule has 3 rings (SSSR count). The second kappa shape index (κ2) is 9.09. The third kappa shape index (κ3) is 4.58. The Morgan fingerprint density at radius 1 is 1.43 bits per heavy atom. The Hall–Kier alpha value is -1.86. The van der Waals surface area contributed by atoms with Crippen LogP contribution in [0.3, 0.4) is 0 Å². The fraction of sp³-hybridized carbons (Fsp3) is 0.222. The summed E-state index contributed by atoms with van der Waals surface area (Å²) >= 11 is 3.24. The number of carbonyl (C=O) groups is 1. The van der Waals surface area contributed by atoms with E-state index in [9.17, 15) is 14.3 Å². The molecular weight excluding hydrogens is 500 g/mol. The smallest absolute Gasteiger partial charge is 0.278 e. The van der Waals surface area contributed by atoms with Gasteiger partial charge in [0.05, 0.1) is 17.9 Å². The summed E-state index contributed by atoms with van der Waals surface area (Å²) in [5.41, 5.74) is 3.58. The predicted molar refractivity (Wildman–Crippen MR) is 113 cm³/mol. The summed E-state index contributed by atoms with van der Waals surface area (Å²) in [5.74, 6) is -1.01. The van der Waals surface area contributed by atoms with Crippen LogP contribution in [0.25, 0.3) is 10.2 Å². The number of hydrogen-bond acceptors (Lipinski definition) is 7. The largest absolute Gasteiger partial charge is 0.394 e. The number of fused-ring (bicyclic) bond motifs is 1. The van der Waals surface area contributed by atoms with Gasteiger partial charge in [-0.2, -0.15) is 0 Å². The molecule has 0 aliphatic heterocycles. The Labute approximate surface area is 177 Å². The Morgan fingerprint density at radius 2 is 2.21 bits per heavy atom. The van der Waals surface area contributed by atoms with E-state index in [2.05, 4.69) is 15.8 Å². The van der Waals surface area contributed by atoms with Gasteiger partial charge in [0.2, 0.25) is 0 Å². The van der Waals surface area contributed by atoms with Crippen molar-refractivity contribution in [2.75, 3.05) is 18.5 Å². The fourth-order valence-corrected chi connectivity index (χ4v) is 4.08. The second-order valence-electron chi connectivity index (χ2n) is 5.94. The maximum Gasteiger partial charge on any atom is 0.278 e. The van der Waals surface area contributed by atoms with Gasteiger partial charge in [-0.1, -0.05) is 11.3 Å². The number of halogens is 2. The Morgan fingerprint density at radius 3 is 2.93 bits per heavy atom. The average Bonchev–Trinajstić information content (AvgIpc) is 3.03. The second-order valence-corrected chi connectivity index (χ2v) is 8.19. The van der Waals surface area contributed by atoms with Crippen molar-refractivity contribution >= 4 is 60.7 Å². The highest BCUT2D eigenvalue weighted by atomic mass is 127. The lowest BCUT2D eigenvalue weighted by molar-refractivity contribution is -0.0294. The number of pyridine rings is 1. The number of aliphatic hydroxyl groups is 2. The topological polar surface area (TPSA) is 104 Å². The van der Waals surface area contributed by atoms with E-state index in [1.807, 2.05) is 29.5 Å². The molecule has 0 fully saturated rings. The van der Waals surface area contributed by atoms with Crippen molar-refractivity contribution in [3.63, 3.8) is 0 Å². The lowest BCUT2D eigenvalue weighted by Gasteiger charge is -2.11. The summed E-state index contributed by atoms with van der Waals surface area (Å²) in [6.07, 6.45) is 0.528. The number of aryl methyl sites for hydroxylation is 1. The van der Waals surface area contributed by atoms with Gasteiger partial charge in [-0.15, -0.1) is 0 Å². The van der Waals surface area contributed by atoms with Gasteiger partial charge >= 0.3 is 0 Å². The van der Waals surface area contributed by atoms with Gasteiger partial charge in [-0.25, -0.2) is 14.9 Å². The Kier molecular flexibility index (Phi) is 6.78. The first-order valence-electron chi connectivity index (χ1n) is 8.22. The number of hydrogen-bond donors (Lipinski definition) is 4. The molecule has 1 amide bonds. The zero-order chi connectivity index (χ0) is 20.3. The van der Waals surface area contributed by atoms with Gasteiger partial charge in [-0.05, 0) is 59.3 Å². The quantitative estimate of drug-likeness (QED) is 0.284. The van der Waals surface area contributed by atoms with Crippen molar-refractivity contribution in [2.24, 2.45) is 0 Å². The molecule has 0 radical (unpaired) electrons. The molecule has 148 valence electrons. The molecule has 0 aliphatic rings. The first-order valence-corrected chi connectivity index (χ1v) is 10.1. The summed E-state index contributed by atoms with van der Waals surface area (Å²) in [7, 11) is 0. The van der Waals surface area contributed by atoms with Crippen LogP contribution in [0.1, 0.15) is 15.9 Å². The number of aromatic nitrogens is 1. The number of hydroxylamine groups is 1. The molecule has 0 aliphatic carbocycles. The van der Waals surface area contributed by atoms with Gasteiger partial charge in [0.25, 0.3) is 5.91 Å². The summed E-state index contributed by atoms with van der Waals surface area (Å²) in [4.78, 5) is 22.6. The van der Waals surface area contributed by atoms with E-state index in [-0.39, 0.29) is 17.9 Å². The van der Waals surface area contributed by atoms with Crippen LogP contribution in [0.4, 0.5) is 15.1 Å². The number of rotatable bonds is 7. The number of anilines is 2. The maximum absolute atomic E-state index is 14.3. The highest BCUT2D eigenvalue weighted by molar-refractivity contribution is 14.1. The van der Waals surface area contributed by atoms with Crippen LogP contribution >= 0.6 is 33.9 Å². The maximum atomic E-state index is 14.3. The van der Waals surface area contributed by atoms with E-state index in [0.29, 0.717) is 15.2 Å². The van der Waals surface area contributed by atoms with Crippen molar-refractivity contribution < 1.29 is 24.2 Å². The minimum atomic E-state index is -1.11. The van der Waals surface area contributed by atoms with Crippen molar-refractivity contribution in [3.05, 3.63) is 51.0 Å². The molecule has 1 atom stereocenters. The van der Waals surface area contributed by atoms with E-state index in [1.165, 1.54) is 17.4 Å². The fourth-order valence-electron chi connectivity index (χ4n) is 2.50. The highest BCUT2D eigenvalue weighted by Gasteiger charge is 2.22. The van der Waals surface area contributed by atoms with Gasteiger partial charge in [0.15, 0.2) is 0 Å². The van der Waals surface area contributed by atoms with Gasteiger partial charge in [0.1, 0.15) is 28.4 Å². The molecule has 0 saturated carbocycles. The monoisotopic (exact) mass is 517 g/mol. The van der Waals surface area contributed by atoms with Crippen LogP contribution in [0.2, 0.25) is 0 Å². The summed E-state index contributed by atoms with van der Waals surface area (Å²) in [5, 5.41) is 22.2. The van der Waals surface area contributed by atoms with Crippen LogP contribution in [0.15, 0.2) is 30.5 Å². The zero-order valence-electron chi connectivity index (χ0n) is 14.7. The molecule has 0 unspecified atom stereocenters. The van der Waals surface area contributed by atoms with Crippen LogP contribution in [0.5, 0.6) is 0 Å². The standard InChI is InChI=1S/C18H17FIN3O4S/c1-9-4-5-21-17-14(9)15(16(26)23-27-8-11(25)7-24)18(28-17)22-13-3-2-10(20)6-12(13)19/h2-6,11,22,24-25H,7-8H2,1H3,(H,23,26)/t11-/m0/s1. The van der Waals surface area contributed by atoms with Crippen molar-refractivity contribution in [1.82, 2.24) is 10.5 Å². The molecule has 10 heteroatoms. The highest BCUT2D eigenvalue weighted by Crippen LogP contribution is 2.38. The number of benzene rings is 1. The minimum Gasteiger partial charge on any atom is -0.394 e. The first kappa shape index (κ1) is 20.9. The van der Waals surface area contributed by atoms with Gasteiger partial charge in [-0.3, -0.25) is 9.63 Å². The molecule has 0 bridgehead atoms. The Balaban J connectivity index is 1.96. The molecule has 7 nitrogen and oxygen atoms in total. The molecule has 28 heavy (non-hydrogen) atoms. The number of thiophene rings is 1. The predicted octanol–water partition coefficient (Wildman–Crippen LogP) is 3.11. The SMILES string of the molecule is Cc1ccnc2sc(Nc3ccc(I)cc3F)c(C(=O)NOC[C@@H](O)CO)c12. The number of aliphatic hydroxyl groups excluding tert-OH is 2. The molecule has 4 N–H and O–H groups in total. The summed E-state index contributed by atoms with van der Waals surface area (Å²) in [6.45, 7) is 1.09. The van der Waals surface area contributed by atoms with Crippen LogP contribution in [-0.2, 0) is 4.84 Å². The molecule has 1 aromatic carbocycles. The average molecular weight is 517 g/mol. The van der Waals surface area contributed by atoms with E-state index in [0.717, 1.165) is 9.13 Å². The van der Waals surface area contributed by atoms with Crippen LogP contribution < -0.4 is 10.8 Å². The van der Waals surface area contributed by atoms with Crippen molar-refractivity contribution in [1.29, 1.82) is 0 Å². The molecule has 2 heterocycles. The normalized spacial score (nSPS) is 12.2. The van der Waals surface area contributed by atoms with E-state index in [1.54, 1.807) is 24.4 Å². The summed E-state index contributed by atoms with van der Waals surface area (Å²) < 4.78 is 15.0. The summed E-state index contributed by atoms with van der Waals surface area (Å²) in [6, 6.07) is 6.51. The third-order valence-electron chi connectivity index (χ3n) is 3.86. The molecule has 3 aromatic rings. The van der Waals surface area contributed by atoms with Crippen molar-refractivity contribution in [2.45, 2.75) is 13.0 Å². The molecule has 0 spiro atoms. The lowest BCUT2D eigenvalue weighted by atomic mass is 10.1. The van der Waals surface area contributed by atoms with Crippen LogP contribution in [-0.4, -0.2) is 40.4 Å². The number of nitrogens with one attached hydrogen (secondary N) is 2. The molecule has 2 aromatic heterocycles. The first-order chi connectivity index (χ1) is 13.4. The van der Waals surface area contributed by atoms with E-state index < -0.39 is 24.4 Å². The number of amides is 1. The number of carbonyl (C=O) groups excluding carboxylic acids is 1. The van der Waals surface area contributed by atoms with E-state index in [4.69, 9.17) is 9.94 Å². The lowest BCUT2D eigenvalue weighted by Crippen LogP contribution is -2.30. The van der Waals surface area contributed by atoms with Crippen molar-refractivity contribution in [3.8, 4) is 0 Å². The van der Waals surface area contributed by atoms with Gasteiger partial charge in [0, 0.05) is 15.2 Å².